The minimum Gasteiger partial charge on any atom is -0.308 e. The average molecular weight is 432 g/mol. The average Bonchev–Trinajstić information content (AvgIpc) is 2.97. The van der Waals surface area contributed by atoms with Crippen molar-refractivity contribution in [3.05, 3.63) is 57.6 Å². The van der Waals surface area contributed by atoms with Crippen molar-refractivity contribution in [2.75, 3.05) is 32.1 Å². The van der Waals surface area contributed by atoms with E-state index in [9.17, 15) is 4.79 Å². The van der Waals surface area contributed by atoms with Crippen LogP contribution in [-0.4, -0.2) is 43.0 Å². The molecule has 0 aliphatic carbocycles. The van der Waals surface area contributed by atoms with Gasteiger partial charge < -0.3 is 4.90 Å². The highest BCUT2D eigenvalue weighted by atomic mass is 79.9. The molecule has 0 unspecified atom stereocenters. The first-order valence-corrected chi connectivity index (χ1v) is 10.1. The van der Waals surface area contributed by atoms with Crippen molar-refractivity contribution in [1.82, 2.24) is 9.88 Å². The molecule has 0 saturated carbocycles. The Kier molecular flexibility index (Phi) is 5.75. The van der Waals surface area contributed by atoms with E-state index >= 15 is 0 Å². The van der Waals surface area contributed by atoms with Gasteiger partial charge in [-0.15, -0.1) is 0 Å². The fourth-order valence-corrected chi connectivity index (χ4v) is 4.11. The second kappa shape index (κ2) is 7.86. The van der Waals surface area contributed by atoms with Crippen LogP contribution in [0, 0.1) is 13.8 Å². The van der Waals surface area contributed by atoms with Crippen LogP contribution < -0.4 is 4.90 Å². The molecule has 0 fully saturated rings. The lowest BCUT2D eigenvalue weighted by Crippen LogP contribution is -2.36. The van der Waals surface area contributed by atoms with Gasteiger partial charge >= 0.3 is 0 Å². The zero-order valence-corrected chi connectivity index (χ0v) is 17.8. The molecule has 3 rings (SSSR count). The summed E-state index contributed by atoms with van der Waals surface area (Å²) in [6, 6.07) is 11.7. The maximum Gasteiger partial charge on any atom is 0.260 e. The third-order valence-electron chi connectivity index (χ3n) is 4.31. The molecule has 1 aromatic heterocycles. The van der Waals surface area contributed by atoms with Crippen LogP contribution in [0.2, 0.25) is 0 Å². The molecule has 6 heteroatoms. The predicted molar refractivity (Wildman–Crippen MR) is 113 cm³/mol. The van der Waals surface area contributed by atoms with Gasteiger partial charge in [0.1, 0.15) is 0 Å². The standard InChI is InChI=1S/C20H22BrN3OS/c1-13-10-17-18(11-14(13)2)26-20(22-17)24(9-8-23(3)4)19(25)15-6-5-7-16(21)12-15/h5-7,10-12H,8-9H2,1-4H3. The van der Waals surface area contributed by atoms with Crippen molar-refractivity contribution in [2.24, 2.45) is 0 Å². The molecule has 26 heavy (non-hydrogen) atoms. The zero-order valence-electron chi connectivity index (χ0n) is 15.4. The molecular formula is C20H22BrN3OS. The predicted octanol–water partition coefficient (Wildman–Crippen LogP) is 4.88. The third kappa shape index (κ3) is 4.14. The number of hydrogen-bond acceptors (Lipinski definition) is 4. The van der Waals surface area contributed by atoms with E-state index in [1.807, 2.05) is 38.4 Å². The highest BCUT2D eigenvalue weighted by molar-refractivity contribution is 9.10. The van der Waals surface area contributed by atoms with Gasteiger partial charge in [0, 0.05) is 23.1 Å². The van der Waals surface area contributed by atoms with Gasteiger partial charge in [-0.3, -0.25) is 9.69 Å². The summed E-state index contributed by atoms with van der Waals surface area (Å²) >= 11 is 5.02. The summed E-state index contributed by atoms with van der Waals surface area (Å²) in [6.45, 7) is 5.55. The van der Waals surface area contributed by atoms with Gasteiger partial charge in [0.15, 0.2) is 5.13 Å². The quantitative estimate of drug-likeness (QED) is 0.577. The number of benzene rings is 2. The Bertz CT molecular complexity index is 912. The van der Waals surface area contributed by atoms with E-state index < -0.39 is 0 Å². The number of hydrogen-bond donors (Lipinski definition) is 0. The Labute approximate surface area is 166 Å². The summed E-state index contributed by atoms with van der Waals surface area (Å²) in [6.07, 6.45) is 0. The summed E-state index contributed by atoms with van der Waals surface area (Å²) in [4.78, 5) is 21.8. The molecule has 2 aromatic carbocycles. The summed E-state index contributed by atoms with van der Waals surface area (Å²) in [5, 5.41) is 0.747. The number of rotatable bonds is 5. The van der Waals surface area contributed by atoms with Crippen LogP contribution in [-0.2, 0) is 0 Å². The van der Waals surface area contributed by atoms with E-state index in [-0.39, 0.29) is 5.91 Å². The SMILES string of the molecule is Cc1cc2nc(N(CCN(C)C)C(=O)c3cccc(Br)c3)sc2cc1C. The van der Waals surface area contributed by atoms with E-state index in [0.29, 0.717) is 12.1 Å². The van der Waals surface area contributed by atoms with Crippen molar-refractivity contribution in [3.8, 4) is 0 Å². The van der Waals surface area contributed by atoms with Gasteiger partial charge in [-0.25, -0.2) is 4.98 Å². The van der Waals surface area contributed by atoms with Gasteiger partial charge in [0.05, 0.1) is 10.2 Å². The fourth-order valence-electron chi connectivity index (χ4n) is 2.64. The van der Waals surface area contributed by atoms with Crippen molar-refractivity contribution in [2.45, 2.75) is 13.8 Å². The van der Waals surface area contributed by atoms with E-state index in [2.05, 4.69) is 46.8 Å². The molecule has 0 N–H and O–H groups in total. The second-order valence-corrected chi connectivity index (χ2v) is 8.60. The van der Waals surface area contributed by atoms with Gasteiger partial charge in [0.25, 0.3) is 5.91 Å². The number of aryl methyl sites for hydroxylation is 2. The highest BCUT2D eigenvalue weighted by Crippen LogP contribution is 2.31. The van der Waals surface area contributed by atoms with Gasteiger partial charge in [-0.05, 0) is 69.4 Å². The number of anilines is 1. The van der Waals surface area contributed by atoms with E-state index in [1.54, 1.807) is 16.2 Å². The van der Waals surface area contributed by atoms with Crippen molar-refractivity contribution < 1.29 is 4.79 Å². The summed E-state index contributed by atoms with van der Waals surface area (Å²) in [7, 11) is 4.01. The topological polar surface area (TPSA) is 36.4 Å². The lowest BCUT2D eigenvalue weighted by molar-refractivity contribution is 0.0985. The first-order chi connectivity index (χ1) is 12.3. The molecule has 3 aromatic rings. The molecule has 0 atom stereocenters. The lowest BCUT2D eigenvalue weighted by Gasteiger charge is -2.22. The van der Waals surface area contributed by atoms with E-state index in [4.69, 9.17) is 4.98 Å². The molecule has 0 aliphatic rings. The number of carbonyl (C=O) groups is 1. The minimum atomic E-state index is -0.0272. The first-order valence-electron chi connectivity index (χ1n) is 8.45. The summed E-state index contributed by atoms with van der Waals surface area (Å²) in [5.41, 5.74) is 4.06. The number of nitrogens with zero attached hydrogens (tertiary/aromatic N) is 3. The Hall–Kier alpha value is -1.76. The van der Waals surface area contributed by atoms with Crippen molar-refractivity contribution >= 4 is 48.5 Å². The van der Waals surface area contributed by atoms with Crippen molar-refractivity contribution in [3.63, 3.8) is 0 Å². The van der Waals surface area contributed by atoms with Crippen molar-refractivity contribution in [1.29, 1.82) is 0 Å². The van der Waals surface area contributed by atoms with Gasteiger partial charge in [0.2, 0.25) is 0 Å². The molecule has 0 bridgehead atoms. The lowest BCUT2D eigenvalue weighted by atomic mass is 10.1. The molecule has 1 heterocycles. The smallest absolute Gasteiger partial charge is 0.260 e. The molecular weight excluding hydrogens is 410 g/mol. The van der Waals surface area contributed by atoms with Crippen LogP contribution in [0.5, 0.6) is 0 Å². The van der Waals surface area contributed by atoms with Crippen LogP contribution >= 0.6 is 27.3 Å². The molecule has 0 aliphatic heterocycles. The number of halogens is 1. The van der Waals surface area contributed by atoms with Gasteiger partial charge in [-0.2, -0.15) is 0 Å². The van der Waals surface area contributed by atoms with Crippen LogP contribution in [0.25, 0.3) is 10.2 Å². The Morgan fingerprint density at radius 1 is 1.12 bits per heavy atom. The summed E-state index contributed by atoms with van der Waals surface area (Å²) < 4.78 is 2.01. The second-order valence-electron chi connectivity index (χ2n) is 6.67. The number of likely N-dealkylation sites (N-methyl/N-ethyl adjacent to an activating group) is 1. The van der Waals surface area contributed by atoms with E-state index in [0.717, 1.165) is 26.4 Å². The Balaban J connectivity index is 2.01. The molecule has 0 saturated heterocycles. The first kappa shape index (κ1) is 19.0. The maximum atomic E-state index is 13.2. The number of thiazole rings is 1. The third-order valence-corrected chi connectivity index (χ3v) is 5.85. The molecule has 0 spiro atoms. The Morgan fingerprint density at radius 2 is 1.85 bits per heavy atom. The highest BCUT2D eigenvalue weighted by Gasteiger charge is 2.21. The van der Waals surface area contributed by atoms with Crippen LogP contribution in [0.15, 0.2) is 40.9 Å². The number of fused-ring (bicyclic) bond motifs is 1. The Morgan fingerprint density at radius 3 is 2.54 bits per heavy atom. The number of carbonyl (C=O) groups excluding carboxylic acids is 1. The zero-order chi connectivity index (χ0) is 18.8. The van der Waals surface area contributed by atoms with Crippen LogP contribution in [0.1, 0.15) is 21.5 Å². The maximum absolute atomic E-state index is 13.2. The van der Waals surface area contributed by atoms with Crippen LogP contribution in [0.3, 0.4) is 0 Å². The van der Waals surface area contributed by atoms with Crippen LogP contribution in [0.4, 0.5) is 5.13 Å². The largest absolute Gasteiger partial charge is 0.308 e. The monoisotopic (exact) mass is 431 g/mol. The fraction of sp³-hybridized carbons (Fsp3) is 0.300. The van der Waals surface area contributed by atoms with Gasteiger partial charge in [-0.1, -0.05) is 33.3 Å². The number of amides is 1. The molecule has 1 amide bonds. The minimum absolute atomic E-state index is 0.0272. The molecule has 0 radical (unpaired) electrons. The summed E-state index contributed by atoms with van der Waals surface area (Å²) in [5.74, 6) is -0.0272. The number of aromatic nitrogens is 1. The molecule has 4 nitrogen and oxygen atoms in total. The van der Waals surface area contributed by atoms with E-state index in [1.165, 1.54) is 11.1 Å². The normalized spacial score (nSPS) is 11.3. The molecule has 136 valence electrons.